The summed E-state index contributed by atoms with van der Waals surface area (Å²) in [6.07, 6.45) is 0. The summed E-state index contributed by atoms with van der Waals surface area (Å²) < 4.78 is 12.6. The maximum Gasteiger partial charge on any atom is 0.295 e. The Morgan fingerprint density at radius 1 is 1.15 bits per heavy atom. The van der Waals surface area contributed by atoms with Crippen molar-refractivity contribution in [3.8, 4) is 5.75 Å². The van der Waals surface area contributed by atoms with Crippen molar-refractivity contribution in [2.75, 3.05) is 37.7 Å². The van der Waals surface area contributed by atoms with Crippen LogP contribution in [0.15, 0.2) is 40.8 Å². The Kier molecular flexibility index (Phi) is 7.22. The molecule has 0 aliphatic carbocycles. The number of carbonyl (C=O) groups is 1. The van der Waals surface area contributed by atoms with Crippen molar-refractivity contribution in [3.05, 3.63) is 52.7 Å². The predicted molar refractivity (Wildman–Crippen MR) is 136 cm³/mol. The van der Waals surface area contributed by atoms with Gasteiger partial charge in [-0.25, -0.2) is 4.98 Å². The molecule has 0 bridgehead atoms. The molecule has 0 fully saturated rings. The van der Waals surface area contributed by atoms with Crippen LogP contribution < -0.4 is 9.64 Å². The lowest BCUT2D eigenvalue weighted by molar-refractivity contribution is 0.0959. The SMILES string of the molecule is CCOc1cccc2cc(C(=O)N(CCN(CC)CC)c3nc4c(C)ccc(Cl)c4s3)oc12. The maximum atomic E-state index is 13.7. The molecule has 174 valence electrons. The average molecular weight is 486 g/mol. The molecular formula is C25H28ClN3O3S. The fourth-order valence-electron chi connectivity index (χ4n) is 3.82. The summed E-state index contributed by atoms with van der Waals surface area (Å²) in [5.41, 5.74) is 2.43. The highest BCUT2D eigenvalue weighted by atomic mass is 35.5. The molecule has 2 aromatic carbocycles. The number of ether oxygens (including phenoxy) is 1. The topological polar surface area (TPSA) is 58.8 Å². The van der Waals surface area contributed by atoms with Crippen LogP contribution in [0.4, 0.5) is 5.13 Å². The zero-order chi connectivity index (χ0) is 23.5. The average Bonchev–Trinajstić information content (AvgIpc) is 3.45. The molecule has 2 heterocycles. The number of benzene rings is 2. The van der Waals surface area contributed by atoms with E-state index in [1.54, 1.807) is 11.0 Å². The van der Waals surface area contributed by atoms with Gasteiger partial charge in [0.25, 0.3) is 5.91 Å². The molecule has 6 nitrogen and oxygen atoms in total. The van der Waals surface area contributed by atoms with E-state index in [1.807, 2.05) is 44.2 Å². The summed E-state index contributed by atoms with van der Waals surface area (Å²) in [6, 6.07) is 11.3. The van der Waals surface area contributed by atoms with E-state index in [1.165, 1.54) is 11.3 Å². The van der Waals surface area contributed by atoms with E-state index in [4.69, 9.17) is 25.7 Å². The van der Waals surface area contributed by atoms with Crippen LogP contribution in [0, 0.1) is 6.92 Å². The van der Waals surface area contributed by atoms with Crippen molar-refractivity contribution in [2.24, 2.45) is 0 Å². The van der Waals surface area contributed by atoms with Gasteiger partial charge in [0.1, 0.15) is 0 Å². The number of amides is 1. The Morgan fingerprint density at radius 2 is 1.94 bits per heavy atom. The van der Waals surface area contributed by atoms with Crippen LogP contribution in [0.5, 0.6) is 5.75 Å². The van der Waals surface area contributed by atoms with Crippen LogP contribution in [0.3, 0.4) is 0 Å². The number of aryl methyl sites for hydroxylation is 1. The van der Waals surface area contributed by atoms with E-state index in [0.717, 1.165) is 40.8 Å². The largest absolute Gasteiger partial charge is 0.490 e. The first kappa shape index (κ1) is 23.5. The van der Waals surface area contributed by atoms with E-state index in [0.29, 0.717) is 34.6 Å². The summed E-state index contributed by atoms with van der Waals surface area (Å²) in [6.45, 7) is 11.7. The van der Waals surface area contributed by atoms with Gasteiger partial charge in [-0.05, 0) is 50.7 Å². The molecule has 0 unspecified atom stereocenters. The minimum absolute atomic E-state index is 0.228. The zero-order valence-electron chi connectivity index (χ0n) is 19.4. The molecule has 0 N–H and O–H groups in total. The second kappa shape index (κ2) is 10.1. The van der Waals surface area contributed by atoms with Gasteiger partial charge >= 0.3 is 0 Å². The molecular weight excluding hydrogens is 458 g/mol. The summed E-state index contributed by atoms with van der Waals surface area (Å²) in [7, 11) is 0. The molecule has 0 atom stereocenters. The van der Waals surface area contributed by atoms with Crippen LogP contribution >= 0.6 is 22.9 Å². The third kappa shape index (κ3) is 4.71. The minimum atomic E-state index is -0.228. The van der Waals surface area contributed by atoms with E-state index in [9.17, 15) is 4.79 Å². The van der Waals surface area contributed by atoms with Crippen molar-refractivity contribution in [3.63, 3.8) is 0 Å². The summed E-state index contributed by atoms with van der Waals surface area (Å²) in [5.74, 6) is 0.665. The van der Waals surface area contributed by atoms with Crippen molar-refractivity contribution < 1.29 is 13.9 Å². The summed E-state index contributed by atoms with van der Waals surface area (Å²) >= 11 is 7.87. The lowest BCUT2D eigenvalue weighted by atomic mass is 10.2. The molecule has 0 saturated carbocycles. The highest BCUT2D eigenvalue weighted by molar-refractivity contribution is 7.23. The minimum Gasteiger partial charge on any atom is -0.490 e. The second-order valence-corrected chi connectivity index (χ2v) is 9.13. The molecule has 4 aromatic rings. The second-order valence-electron chi connectivity index (χ2n) is 7.74. The third-order valence-electron chi connectivity index (χ3n) is 5.71. The van der Waals surface area contributed by atoms with E-state index < -0.39 is 0 Å². The smallest absolute Gasteiger partial charge is 0.295 e. The Labute approximate surface area is 202 Å². The summed E-state index contributed by atoms with van der Waals surface area (Å²) in [4.78, 5) is 22.5. The predicted octanol–water partition coefficient (Wildman–Crippen LogP) is 6.39. The number of para-hydroxylation sites is 1. The van der Waals surface area contributed by atoms with Gasteiger partial charge in [0.2, 0.25) is 0 Å². The first-order chi connectivity index (χ1) is 16.0. The Balaban J connectivity index is 1.75. The Hall–Kier alpha value is -2.61. The van der Waals surface area contributed by atoms with Crippen LogP contribution in [-0.4, -0.2) is 48.6 Å². The highest BCUT2D eigenvalue weighted by Gasteiger charge is 2.26. The number of hydrogen-bond donors (Lipinski definition) is 0. The number of fused-ring (bicyclic) bond motifs is 2. The summed E-state index contributed by atoms with van der Waals surface area (Å²) in [5, 5.41) is 2.08. The number of rotatable bonds is 9. The number of halogens is 1. The standard InChI is InChI=1S/C25H28ClN3O3S/c1-5-28(6-2)13-14-29(25-27-21-16(4)11-12-18(26)23(21)33-25)24(30)20-15-17-9-8-10-19(31-7-3)22(17)32-20/h8-12,15H,5-7,13-14H2,1-4H3. The van der Waals surface area contributed by atoms with Crippen LogP contribution in [0.1, 0.15) is 36.9 Å². The fraction of sp³-hybridized carbons (Fsp3) is 0.360. The number of anilines is 1. The van der Waals surface area contributed by atoms with Gasteiger partial charge < -0.3 is 14.1 Å². The van der Waals surface area contributed by atoms with Gasteiger partial charge in [0, 0.05) is 18.5 Å². The molecule has 0 saturated heterocycles. The molecule has 8 heteroatoms. The molecule has 33 heavy (non-hydrogen) atoms. The molecule has 1 amide bonds. The van der Waals surface area contributed by atoms with Gasteiger partial charge in [-0.3, -0.25) is 9.69 Å². The number of likely N-dealkylation sites (N-methyl/N-ethyl adjacent to an activating group) is 1. The van der Waals surface area contributed by atoms with Gasteiger partial charge in [0.05, 0.1) is 21.8 Å². The molecule has 0 spiro atoms. The van der Waals surface area contributed by atoms with Crippen molar-refractivity contribution >= 4 is 55.2 Å². The normalized spacial score (nSPS) is 11.6. The van der Waals surface area contributed by atoms with Gasteiger partial charge in [-0.2, -0.15) is 0 Å². The highest BCUT2D eigenvalue weighted by Crippen LogP contribution is 2.37. The first-order valence-corrected chi connectivity index (χ1v) is 12.4. The Morgan fingerprint density at radius 3 is 2.64 bits per heavy atom. The number of thiazole rings is 1. The monoisotopic (exact) mass is 485 g/mol. The Bertz CT molecular complexity index is 1240. The number of carbonyl (C=O) groups excluding carboxylic acids is 1. The quantitative estimate of drug-likeness (QED) is 0.275. The zero-order valence-corrected chi connectivity index (χ0v) is 20.9. The number of nitrogens with zero attached hydrogens (tertiary/aromatic N) is 3. The number of furan rings is 1. The van der Waals surface area contributed by atoms with E-state index in [2.05, 4.69) is 18.7 Å². The van der Waals surface area contributed by atoms with Crippen LogP contribution in [0.2, 0.25) is 5.02 Å². The van der Waals surface area contributed by atoms with Crippen LogP contribution in [-0.2, 0) is 0 Å². The van der Waals surface area contributed by atoms with Gasteiger partial charge in [0.15, 0.2) is 22.2 Å². The van der Waals surface area contributed by atoms with Gasteiger partial charge in [-0.15, -0.1) is 0 Å². The molecule has 0 aliphatic heterocycles. The third-order valence-corrected chi connectivity index (χ3v) is 7.25. The number of hydrogen-bond acceptors (Lipinski definition) is 6. The molecule has 0 aliphatic rings. The molecule has 0 radical (unpaired) electrons. The fourth-order valence-corrected chi connectivity index (χ4v) is 5.16. The molecule has 2 aromatic heterocycles. The van der Waals surface area contributed by atoms with Crippen LogP contribution in [0.25, 0.3) is 21.2 Å². The van der Waals surface area contributed by atoms with Crippen molar-refractivity contribution in [1.29, 1.82) is 0 Å². The lowest BCUT2D eigenvalue weighted by Crippen LogP contribution is -2.38. The number of aromatic nitrogens is 1. The molecule has 4 rings (SSSR count). The lowest BCUT2D eigenvalue weighted by Gasteiger charge is -2.24. The van der Waals surface area contributed by atoms with Gasteiger partial charge in [-0.1, -0.05) is 55.0 Å². The first-order valence-electron chi connectivity index (χ1n) is 11.2. The maximum absolute atomic E-state index is 13.7. The van der Waals surface area contributed by atoms with Crippen molar-refractivity contribution in [2.45, 2.75) is 27.7 Å². The van der Waals surface area contributed by atoms with E-state index in [-0.39, 0.29) is 11.7 Å². The van der Waals surface area contributed by atoms with E-state index >= 15 is 0 Å². The van der Waals surface area contributed by atoms with Crippen molar-refractivity contribution in [1.82, 2.24) is 9.88 Å².